The number of carbonyl (C=O) groups is 3. The van der Waals surface area contributed by atoms with Crippen LogP contribution in [-0.2, 0) is 20.9 Å². The van der Waals surface area contributed by atoms with Gasteiger partial charge in [0.2, 0.25) is 17.7 Å². The van der Waals surface area contributed by atoms with Crippen LogP contribution in [0.4, 0.5) is 4.39 Å². The van der Waals surface area contributed by atoms with Crippen LogP contribution in [0.3, 0.4) is 0 Å². The van der Waals surface area contributed by atoms with Crippen LogP contribution in [-0.4, -0.2) is 54.3 Å². The van der Waals surface area contributed by atoms with E-state index in [0.29, 0.717) is 25.9 Å². The fourth-order valence-electron chi connectivity index (χ4n) is 4.19. The van der Waals surface area contributed by atoms with Gasteiger partial charge in [-0.05, 0) is 55.8 Å². The lowest BCUT2D eigenvalue weighted by Crippen LogP contribution is -2.53. The molecular formula is C23H33FN4O3. The largest absolute Gasteiger partial charge is 0.350 e. The number of halogens is 1. The molecule has 0 unspecified atom stereocenters. The van der Waals surface area contributed by atoms with Gasteiger partial charge in [0.1, 0.15) is 11.9 Å². The van der Waals surface area contributed by atoms with Gasteiger partial charge in [-0.15, -0.1) is 0 Å². The maximum Gasteiger partial charge on any atom is 0.243 e. The van der Waals surface area contributed by atoms with Crippen molar-refractivity contribution in [3.63, 3.8) is 0 Å². The molecular weight excluding hydrogens is 399 g/mol. The summed E-state index contributed by atoms with van der Waals surface area (Å²) in [7, 11) is 0. The SMILES string of the molecule is CC(C)[C@H](NC(=O)C1CCN(C(=O)[C@@H]2CCCN2)CC1)C(=O)NCc1ccc(F)cc1. The molecule has 3 amide bonds. The summed E-state index contributed by atoms with van der Waals surface area (Å²) >= 11 is 0. The second kappa shape index (κ2) is 10.7. The molecule has 2 atom stereocenters. The molecule has 2 fully saturated rings. The monoisotopic (exact) mass is 432 g/mol. The third-order valence-corrected chi connectivity index (χ3v) is 6.16. The number of nitrogens with one attached hydrogen (secondary N) is 3. The van der Waals surface area contributed by atoms with Gasteiger partial charge in [0, 0.05) is 25.6 Å². The average molecular weight is 433 g/mol. The smallest absolute Gasteiger partial charge is 0.243 e. The predicted molar refractivity (Wildman–Crippen MR) is 115 cm³/mol. The van der Waals surface area contributed by atoms with Crippen LogP contribution in [0.25, 0.3) is 0 Å². The normalized spacial score (nSPS) is 20.5. The summed E-state index contributed by atoms with van der Waals surface area (Å²) in [6.45, 7) is 6.07. The van der Waals surface area contributed by atoms with Crippen LogP contribution in [0, 0.1) is 17.7 Å². The summed E-state index contributed by atoms with van der Waals surface area (Å²) in [6.07, 6.45) is 3.11. The molecule has 2 saturated heterocycles. The molecule has 0 radical (unpaired) electrons. The highest BCUT2D eigenvalue weighted by molar-refractivity contribution is 5.89. The first-order valence-corrected chi connectivity index (χ1v) is 11.2. The Morgan fingerprint density at radius 3 is 2.39 bits per heavy atom. The number of hydrogen-bond acceptors (Lipinski definition) is 4. The fraction of sp³-hybridized carbons (Fsp3) is 0.609. The van der Waals surface area contributed by atoms with Crippen molar-refractivity contribution in [2.45, 2.75) is 58.2 Å². The van der Waals surface area contributed by atoms with Gasteiger partial charge in [-0.25, -0.2) is 4.39 Å². The number of likely N-dealkylation sites (tertiary alicyclic amines) is 1. The molecule has 1 aromatic carbocycles. The Hall–Kier alpha value is -2.48. The first-order valence-electron chi connectivity index (χ1n) is 11.2. The number of amides is 3. The zero-order valence-electron chi connectivity index (χ0n) is 18.3. The Bertz CT molecular complexity index is 770. The molecule has 170 valence electrons. The van der Waals surface area contributed by atoms with Crippen molar-refractivity contribution in [2.24, 2.45) is 11.8 Å². The molecule has 2 aliphatic rings. The highest BCUT2D eigenvalue weighted by atomic mass is 19.1. The standard InChI is InChI=1S/C23H33FN4O3/c1-15(2)20(22(30)26-14-16-5-7-18(24)8-6-16)27-21(29)17-9-12-28(13-10-17)23(31)19-4-3-11-25-19/h5-8,15,17,19-20,25H,3-4,9-14H2,1-2H3,(H,26,30)(H,27,29)/t19-,20-/m0/s1. The van der Waals surface area contributed by atoms with Crippen LogP contribution in [0.1, 0.15) is 45.1 Å². The number of rotatable bonds is 7. The van der Waals surface area contributed by atoms with Gasteiger partial charge < -0.3 is 20.9 Å². The van der Waals surface area contributed by atoms with Gasteiger partial charge in [0.25, 0.3) is 0 Å². The molecule has 2 aliphatic heterocycles. The molecule has 0 aliphatic carbocycles. The number of piperidine rings is 1. The van der Waals surface area contributed by atoms with Crippen molar-refractivity contribution in [2.75, 3.05) is 19.6 Å². The van der Waals surface area contributed by atoms with E-state index in [1.165, 1.54) is 12.1 Å². The van der Waals surface area contributed by atoms with Crippen molar-refractivity contribution in [1.29, 1.82) is 0 Å². The molecule has 3 N–H and O–H groups in total. The zero-order valence-corrected chi connectivity index (χ0v) is 18.3. The van der Waals surface area contributed by atoms with E-state index in [2.05, 4.69) is 16.0 Å². The molecule has 2 heterocycles. The second-order valence-corrected chi connectivity index (χ2v) is 8.82. The third kappa shape index (κ3) is 6.26. The van der Waals surface area contributed by atoms with E-state index in [1.54, 1.807) is 12.1 Å². The summed E-state index contributed by atoms with van der Waals surface area (Å²) in [5.41, 5.74) is 0.789. The lowest BCUT2D eigenvalue weighted by Gasteiger charge is -2.34. The van der Waals surface area contributed by atoms with E-state index in [1.807, 2.05) is 18.7 Å². The Labute approximate surface area is 183 Å². The zero-order chi connectivity index (χ0) is 22.4. The quantitative estimate of drug-likeness (QED) is 0.610. The molecule has 0 spiro atoms. The summed E-state index contributed by atoms with van der Waals surface area (Å²) in [6, 6.07) is 5.21. The Kier molecular flexibility index (Phi) is 8.01. The third-order valence-electron chi connectivity index (χ3n) is 6.16. The van der Waals surface area contributed by atoms with Crippen molar-refractivity contribution < 1.29 is 18.8 Å². The summed E-state index contributed by atoms with van der Waals surface area (Å²) < 4.78 is 13.0. The van der Waals surface area contributed by atoms with Gasteiger partial charge in [0.05, 0.1) is 6.04 Å². The summed E-state index contributed by atoms with van der Waals surface area (Å²) in [5.74, 6) is -0.862. The number of benzene rings is 1. The van der Waals surface area contributed by atoms with Gasteiger partial charge in [-0.2, -0.15) is 0 Å². The molecule has 0 bridgehead atoms. The molecule has 31 heavy (non-hydrogen) atoms. The van der Waals surface area contributed by atoms with Gasteiger partial charge >= 0.3 is 0 Å². The molecule has 0 saturated carbocycles. The van der Waals surface area contributed by atoms with Gasteiger partial charge in [-0.3, -0.25) is 14.4 Å². The van der Waals surface area contributed by atoms with Crippen LogP contribution < -0.4 is 16.0 Å². The molecule has 3 rings (SSSR count). The maximum absolute atomic E-state index is 13.0. The van der Waals surface area contributed by atoms with E-state index in [9.17, 15) is 18.8 Å². The highest BCUT2D eigenvalue weighted by Crippen LogP contribution is 2.20. The average Bonchev–Trinajstić information content (AvgIpc) is 3.31. The topological polar surface area (TPSA) is 90.5 Å². The minimum absolute atomic E-state index is 0.0766. The Morgan fingerprint density at radius 1 is 1.13 bits per heavy atom. The Morgan fingerprint density at radius 2 is 1.81 bits per heavy atom. The fourth-order valence-corrected chi connectivity index (χ4v) is 4.19. The van der Waals surface area contributed by atoms with Gasteiger partial charge in [0.15, 0.2) is 0 Å². The summed E-state index contributed by atoms with van der Waals surface area (Å²) in [5, 5.41) is 8.96. The van der Waals surface area contributed by atoms with E-state index in [4.69, 9.17) is 0 Å². The minimum atomic E-state index is -0.643. The number of carbonyl (C=O) groups excluding carboxylic acids is 3. The molecule has 8 heteroatoms. The lowest BCUT2D eigenvalue weighted by molar-refractivity contribution is -0.138. The minimum Gasteiger partial charge on any atom is -0.350 e. The molecule has 7 nitrogen and oxygen atoms in total. The van der Waals surface area contributed by atoms with Crippen LogP contribution in [0.15, 0.2) is 24.3 Å². The van der Waals surface area contributed by atoms with Crippen molar-refractivity contribution in [3.8, 4) is 0 Å². The molecule has 0 aromatic heterocycles. The lowest BCUT2D eigenvalue weighted by atomic mass is 9.94. The highest BCUT2D eigenvalue weighted by Gasteiger charge is 2.33. The van der Waals surface area contributed by atoms with Gasteiger partial charge in [-0.1, -0.05) is 26.0 Å². The summed E-state index contributed by atoms with van der Waals surface area (Å²) in [4.78, 5) is 39.9. The maximum atomic E-state index is 13.0. The van der Waals surface area contributed by atoms with Crippen molar-refractivity contribution >= 4 is 17.7 Å². The van der Waals surface area contributed by atoms with E-state index in [-0.39, 0.29) is 48.0 Å². The Balaban J connectivity index is 1.48. The van der Waals surface area contributed by atoms with Crippen molar-refractivity contribution in [3.05, 3.63) is 35.6 Å². The van der Waals surface area contributed by atoms with Crippen molar-refractivity contribution in [1.82, 2.24) is 20.9 Å². The van der Waals surface area contributed by atoms with E-state index in [0.717, 1.165) is 24.9 Å². The second-order valence-electron chi connectivity index (χ2n) is 8.82. The van der Waals surface area contributed by atoms with Crippen LogP contribution >= 0.6 is 0 Å². The predicted octanol–water partition coefficient (Wildman–Crippen LogP) is 1.57. The number of hydrogen-bond donors (Lipinski definition) is 3. The first-order chi connectivity index (χ1) is 14.8. The molecule has 1 aromatic rings. The van der Waals surface area contributed by atoms with Crippen LogP contribution in [0.5, 0.6) is 0 Å². The first kappa shape index (κ1) is 23.2. The van der Waals surface area contributed by atoms with E-state index >= 15 is 0 Å². The van der Waals surface area contributed by atoms with Crippen LogP contribution in [0.2, 0.25) is 0 Å². The van der Waals surface area contributed by atoms with E-state index < -0.39 is 6.04 Å². The number of nitrogens with zero attached hydrogens (tertiary/aromatic N) is 1.